The minimum absolute atomic E-state index is 0.116. The first-order valence-electron chi connectivity index (χ1n) is 13.7. The quantitative estimate of drug-likeness (QED) is 0.319. The highest BCUT2D eigenvalue weighted by Crippen LogP contribution is 2.33. The summed E-state index contributed by atoms with van der Waals surface area (Å²) in [5.41, 5.74) is 4.00. The average Bonchev–Trinajstić information content (AvgIpc) is 2.95. The molecule has 1 saturated carbocycles. The van der Waals surface area contributed by atoms with Crippen molar-refractivity contribution < 1.29 is 4.79 Å². The topological polar surface area (TPSA) is 47.6 Å². The van der Waals surface area contributed by atoms with Crippen LogP contribution < -0.4 is 15.5 Å². The number of para-hydroxylation sites is 1. The average molecular weight is 552 g/mol. The van der Waals surface area contributed by atoms with Crippen LogP contribution in [0.5, 0.6) is 0 Å². The number of carbonyl (C=O) groups is 1. The Morgan fingerprint density at radius 2 is 1.53 bits per heavy atom. The summed E-state index contributed by atoms with van der Waals surface area (Å²) in [6.07, 6.45) is 5.65. The molecular weight excluding hydrogens is 515 g/mol. The zero-order valence-corrected chi connectivity index (χ0v) is 23.2. The van der Waals surface area contributed by atoms with Gasteiger partial charge in [-0.2, -0.15) is 0 Å². The first-order chi connectivity index (χ1) is 18.6. The summed E-state index contributed by atoms with van der Waals surface area (Å²) >= 11 is 12.6. The Kier molecular flexibility index (Phi) is 9.10. The Hall–Kier alpha value is -2.73. The van der Waals surface area contributed by atoms with Gasteiger partial charge in [0.15, 0.2) is 0 Å². The second kappa shape index (κ2) is 12.9. The lowest BCUT2D eigenvalue weighted by molar-refractivity contribution is 0.208. The molecule has 0 bridgehead atoms. The molecule has 2 fully saturated rings. The molecule has 0 spiro atoms. The summed E-state index contributed by atoms with van der Waals surface area (Å²) in [5, 5.41) is 7.57. The maximum atomic E-state index is 12.8. The fourth-order valence-corrected chi connectivity index (χ4v) is 6.13. The molecule has 5 rings (SSSR count). The molecular formula is C31H36Cl2N4O. The van der Waals surface area contributed by atoms with Gasteiger partial charge in [-0.1, -0.05) is 77.8 Å². The molecule has 1 aliphatic heterocycles. The highest BCUT2D eigenvalue weighted by Gasteiger charge is 2.25. The maximum absolute atomic E-state index is 12.8. The van der Waals surface area contributed by atoms with Crippen molar-refractivity contribution in [1.82, 2.24) is 10.2 Å². The summed E-state index contributed by atoms with van der Waals surface area (Å²) in [6, 6.07) is 24.1. The van der Waals surface area contributed by atoms with E-state index in [0.717, 1.165) is 74.0 Å². The minimum Gasteiger partial charge on any atom is -0.368 e. The molecule has 0 atom stereocenters. The van der Waals surface area contributed by atoms with Gasteiger partial charge in [0.2, 0.25) is 0 Å². The number of piperazine rings is 1. The molecule has 3 aromatic rings. The van der Waals surface area contributed by atoms with Gasteiger partial charge in [-0.15, -0.1) is 0 Å². The van der Waals surface area contributed by atoms with Crippen LogP contribution in [0.1, 0.15) is 32.1 Å². The van der Waals surface area contributed by atoms with Crippen molar-refractivity contribution in [2.45, 2.75) is 38.1 Å². The number of hydrogen-bond acceptors (Lipinski definition) is 3. The molecule has 1 saturated heterocycles. The van der Waals surface area contributed by atoms with Crippen LogP contribution in [-0.2, 0) is 0 Å². The summed E-state index contributed by atoms with van der Waals surface area (Å²) in [7, 11) is 0. The molecule has 3 aromatic carbocycles. The number of halogens is 2. The van der Waals surface area contributed by atoms with Crippen LogP contribution in [0.3, 0.4) is 0 Å². The van der Waals surface area contributed by atoms with Crippen LogP contribution in [0.2, 0.25) is 10.0 Å². The van der Waals surface area contributed by atoms with Crippen molar-refractivity contribution in [1.29, 1.82) is 0 Å². The van der Waals surface area contributed by atoms with E-state index in [0.29, 0.717) is 10.0 Å². The molecule has 200 valence electrons. The highest BCUT2D eigenvalue weighted by atomic mass is 35.5. The summed E-state index contributed by atoms with van der Waals surface area (Å²) < 4.78 is 0. The van der Waals surface area contributed by atoms with E-state index in [1.54, 1.807) is 0 Å². The Morgan fingerprint density at radius 1 is 0.816 bits per heavy atom. The van der Waals surface area contributed by atoms with Gasteiger partial charge in [0.05, 0.1) is 21.4 Å². The monoisotopic (exact) mass is 550 g/mol. The number of rotatable bonds is 7. The van der Waals surface area contributed by atoms with Gasteiger partial charge in [0, 0.05) is 37.8 Å². The largest absolute Gasteiger partial charge is 0.368 e. The molecule has 2 aliphatic rings. The molecule has 1 heterocycles. The number of nitrogens with zero attached hydrogens (tertiary/aromatic N) is 2. The van der Waals surface area contributed by atoms with Crippen molar-refractivity contribution in [3.8, 4) is 11.1 Å². The first kappa shape index (κ1) is 26.9. The van der Waals surface area contributed by atoms with Gasteiger partial charge < -0.3 is 15.5 Å². The predicted molar refractivity (Wildman–Crippen MR) is 160 cm³/mol. The molecule has 7 heteroatoms. The number of hydrogen-bond donors (Lipinski definition) is 2. The number of nitrogens with one attached hydrogen (secondary N) is 2. The van der Waals surface area contributed by atoms with E-state index in [1.165, 1.54) is 19.3 Å². The number of anilines is 2. The van der Waals surface area contributed by atoms with Crippen LogP contribution in [0, 0.1) is 5.92 Å². The standard InChI is InChI=1S/C31H36Cl2N4O/c32-27-10-6-12-29(30(27)33)37-21-19-36(20-22-37)18-17-23-13-15-25(16-14-23)34-31(38)35-28-11-5-4-9-26(28)24-7-2-1-3-8-24/h1-12,23,25H,13-22H2,(H2,34,35,38). The predicted octanol–water partition coefficient (Wildman–Crippen LogP) is 7.55. The third-order valence-electron chi connectivity index (χ3n) is 7.94. The van der Waals surface area contributed by atoms with E-state index < -0.39 is 0 Å². The Bertz CT molecular complexity index is 1210. The van der Waals surface area contributed by atoms with E-state index >= 15 is 0 Å². The molecule has 2 N–H and O–H groups in total. The number of carbonyl (C=O) groups excluding carboxylic acids is 1. The van der Waals surface area contributed by atoms with Gasteiger partial charge in [0.1, 0.15) is 0 Å². The van der Waals surface area contributed by atoms with Crippen molar-refractivity contribution in [2.75, 3.05) is 42.9 Å². The number of amides is 2. The molecule has 0 radical (unpaired) electrons. The van der Waals surface area contributed by atoms with E-state index in [9.17, 15) is 4.79 Å². The fraction of sp³-hybridized carbons (Fsp3) is 0.387. The van der Waals surface area contributed by atoms with Crippen LogP contribution >= 0.6 is 23.2 Å². The molecule has 1 aliphatic carbocycles. The lowest BCUT2D eigenvalue weighted by Crippen LogP contribution is -2.47. The maximum Gasteiger partial charge on any atom is 0.319 e. The third kappa shape index (κ3) is 6.82. The Labute approximate surface area is 236 Å². The minimum atomic E-state index is -0.116. The van der Waals surface area contributed by atoms with Crippen LogP contribution in [0.4, 0.5) is 16.2 Å². The number of benzene rings is 3. The Balaban J connectivity index is 1.03. The van der Waals surface area contributed by atoms with Crippen molar-refractivity contribution in [3.63, 3.8) is 0 Å². The molecule has 0 aromatic heterocycles. The number of urea groups is 1. The lowest BCUT2D eigenvalue weighted by Gasteiger charge is -2.37. The van der Waals surface area contributed by atoms with Gasteiger partial charge in [-0.3, -0.25) is 4.90 Å². The summed E-state index contributed by atoms with van der Waals surface area (Å²) in [4.78, 5) is 17.7. The Morgan fingerprint density at radius 3 is 2.29 bits per heavy atom. The van der Waals surface area contributed by atoms with Crippen molar-refractivity contribution in [2.24, 2.45) is 5.92 Å². The van der Waals surface area contributed by atoms with Crippen LogP contribution in [0.15, 0.2) is 72.8 Å². The van der Waals surface area contributed by atoms with E-state index in [2.05, 4.69) is 38.6 Å². The molecule has 38 heavy (non-hydrogen) atoms. The van der Waals surface area contributed by atoms with Crippen molar-refractivity contribution in [3.05, 3.63) is 82.8 Å². The van der Waals surface area contributed by atoms with E-state index in [-0.39, 0.29) is 12.1 Å². The molecule has 5 nitrogen and oxygen atoms in total. The van der Waals surface area contributed by atoms with Gasteiger partial charge in [-0.05, 0) is 68.3 Å². The molecule has 2 amide bonds. The smallest absolute Gasteiger partial charge is 0.319 e. The van der Waals surface area contributed by atoms with Gasteiger partial charge >= 0.3 is 6.03 Å². The SMILES string of the molecule is O=C(Nc1ccccc1-c1ccccc1)NC1CCC(CCN2CCN(c3cccc(Cl)c3Cl)CC2)CC1. The van der Waals surface area contributed by atoms with Gasteiger partial charge in [-0.25, -0.2) is 4.79 Å². The third-order valence-corrected chi connectivity index (χ3v) is 8.75. The zero-order valence-electron chi connectivity index (χ0n) is 21.7. The highest BCUT2D eigenvalue weighted by molar-refractivity contribution is 6.43. The lowest BCUT2D eigenvalue weighted by atomic mass is 9.84. The summed E-state index contributed by atoms with van der Waals surface area (Å²) in [6.45, 7) is 5.17. The van der Waals surface area contributed by atoms with Crippen molar-refractivity contribution >= 4 is 40.6 Å². The fourth-order valence-electron chi connectivity index (χ4n) is 5.71. The molecule has 0 unspecified atom stereocenters. The normalized spacial score (nSPS) is 20.2. The zero-order chi connectivity index (χ0) is 26.3. The van der Waals surface area contributed by atoms with Crippen LogP contribution in [-0.4, -0.2) is 49.7 Å². The second-order valence-corrected chi connectivity index (χ2v) is 11.2. The van der Waals surface area contributed by atoms with Crippen LogP contribution in [0.25, 0.3) is 11.1 Å². The van der Waals surface area contributed by atoms with Gasteiger partial charge in [0.25, 0.3) is 0 Å². The van der Waals surface area contributed by atoms with E-state index in [4.69, 9.17) is 23.2 Å². The first-order valence-corrected chi connectivity index (χ1v) is 14.5. The second-order valence-electron chi connectivity index (χ2n) is 10.4. The van der Waals surface area contributed by atoms with E-state index in [1.807, 2.05) is 54.6 Å². The summed E-state index contributed by atoms with van der Waals surface area (Å²) in [5.74, 6) is 0.732.